The summed E-state index contributed by atoms with van der Waals surface area (Å²) in [5.41, 5.74) is 0.387. The molecule has 1 aromatic heterocycles. The van der Waals surface area contributed by atoms with Gasteiger partial charge in [-0.2, -0.15) is 0 Å². The van der Waals surface area contributed by atoms with Crippen molar-refractivity contribution in [3.63, 3.8) is 0 Å². The minimum Gasteiger partial charge on any atom is -0.481 e. The van der Waals surface area contributed by atoms with E-state index in [-0.39, 0.29) is 60.5 Å². The first kappa shape index (κ1) is 31.7. The minimum absolute atomic E-state index is 0.119. The number of piperazine rings is 1. The number of aliphatic carboxylic acids is 2. The number of pyridine rings is 1. The number of nitrogens with one attached hydrogen (secondary N) is 1. The predicted octanol–water partition coefficient (Wildman–Crippen LogP) is 2.76. The van der Waals surface area contributed by atoms with E-state index in [0.717, 1.165) is 12.1 Å². The molecule has 44 heavy (non-hydrogen) atoms. The summed E-state index contributed by atoms with van der Waals surface area (Å²) in [6.07, 6.45) is -2.70. The fourth-order valence-corrected chi connectivity index (χ4v) is 4.77. The highest BCUT2D eigenvalue weighted by Crippen LogP contribution is 2.32. The quantitative estimate of drug-likeness (QED) is 0.309. The zero-order valence-corrected chi connectivity index (χ0v) is 24.0. The fraction of sp³-hybridized carbons (Fsp3) is 0.333. The van der Waals surface area contributed by atoms with Gasteiger partial charge in [-0.1, -0.05) is 30.3 Å². The average molecular weight is 611 g/mol. The number of benzene rings is 2. The van der Waals surface area contributed by atoms with Gasteiger partial charge in [0.1, 0.15) is 23.3 Å². The lowest BCUT2D eigenvalue weighted by Crippen LogP contribution is -2.56. The predicted molar refractivity (Wildman–Crippen MR) is 153 cm³/mol. The molecule has 0 radical (unpaired) electrons. The number of halogens is 1. The van der Waals surface area contributed by atoms with Gasteiger partial charge in [-0.25, -0.2) is 19.0 Å². The van der Waals surface area contributed by atoms with Gasteiger partial charge in [0.2, 0.25) is 12.0 Å². The number of nitrogens with zero attached hydrogens (tertiary/aromatic N) is 3. The SMILES string of the molecule is COC(=O)N1CCN(C(=O)C(CCC(=O)O)NC(=O)c2cc(OC(C(=O)O)c3ccccc3)c3cc(F)c(C)cc3n2)CC1. The van der Waals surface area contributed by atoms with Crippen molar-refractivity contribution in [3.8, 4) is 5.75 Å². The van der Waals surface area contributed by atoms with Crippen LogP contribution in [0.1, 0.15) is 40.6 Å². The monoisotopic (exact) mass is 610 g/mol. The van der Waals surface area contributed by atoms with E-state index in [1.165, 1.54) is 29.9 Å². The Hall–Kier alpha value is -5.27. The number of ether oxygens (including phenoxy) is 2. The van der Waals surface area contributed by atoms with E-state index in [1.54, 1.807) is 30.3 Å². The molecule has 3 aromatic rings. The van der Waals surface area contributed by atoms with Crippen LogP contribution in [-0.2, 0) is 19.1 Å². The first-order chi connectivity index (χ1) is 21.0. The Labute approximate surface area is 251 Å². The van der Waals surface area contributed by atoms with Crippen molar-refractivity contribution < 1.29 is 48.0 Å². The van der Waals surface area contributed by atoms with Crippen molar-refractivity contribution in [2.75, 3.05) is 33.3 Å². The van der Waals surface area contributed by atoms with Crippen LogP contribution in [-0.4, -0.2) is 94.2 Å². The van der Waals surface area contributed by atoms with Crippen LogP contribution in [0.5, 0.6) is 5.75 Å². The molecule has 13 nitrogen and oxygen atoms in total. The number of hydrogen-bond acceptors (Lipinski definition) is 8. The van der Waals surface area contributed by atoms with Crippen LogP contribution in [0, 0.1) is 12.7 Å². The maximum absolute atomic E-state index is 14.6. The smallest absolute Gasteiger partial charge is 0.409 e. The Morgan fingerprint density at radius 1 is 1.00 bits per heavy atom. The molecule has 0 bridgehead atoms. The molecule has 1 saturated heterocycles. The second-order valence-corrected chi connectivity index (χ2v) is 10.1. The molecule has 0 spiro atoms. The zero-order valence-electron chi connectivity index (χ0n) is 24.0. The lowest BCUT2D eigenvalue weighted by Gasteiger charge is -2.35. The van der Waals surface area contributed by atoms with Gasteiger partial charge in [0.25, 0.3) is 5.91 Å². The van der Waals surface area contributed by atoms with Crippen LogP contribution in [0.3, 0.4) is 0 Å². The second-order valence-electron chi connectivity index (χ2n) is 10.1. The number of carbonyl (C=O) groups excluding carboxylic acids is 3. The summed E-state index contributed by atoms with van der Waals surface area (Å²) in [6.45, 7) is 2.15. The fourth-order valence-electron chi connectivity index (χ4n) is 4.77. The summed E-state index contributed by atoms with van der Waals surface area (Å²) in [5, 5.41) is 21.8. The number of amides is 3. The first-order valence-electron chi connectivity index (χ1n) is 13.7. The van der Waals surface area contributed by atoms with Crippen molar-refractivity contribution in [2.45, 2.75) is 31.9 Å². The highest BCUT2D eigenvalue weighted by Gasteiger charge is 2.32. The number of carboxylic acid groups (broad SMARTS) is 2. The Morgan fingerprint density at radius 3 is 2.27 bits per heavy atom. The van der Waals surface area contributed by atoms with Crippen LogP contribution in [0.15, 0.2) is 48.5 Å². The van der Waals surface area contributed by atoms with Crippen molar-refractivity contribution in [1.29, 1.82) is 0 Å². The molecule has 0 aliphatic carbocycles. The summed E-state index contributed by atoms with van der Waals surface area (Å²) < 4.78 is 25.1. The van der Waals surface area contributed by atoms with Gasteiger partial charge in [-0.05, 0) is 31.0 Å². The summed E-state index contributed by atoms with van der Waals surface area (Å²) in [6, 6.07) is 10.5. The van der Waals surface area contributed by atoms with E-state index in [1.807, 2.05) is 0 Å². The van der Waals surface area contributed by atoms with Crippen molar-refractivity contribution >= 4 is 40.7 Å². The zero-order chi connectivity index (χ0) is 32.0. The van der Waals surface area contributed by atoms with Crippen molar-refractivity contribution in [2.24, 2.45) is 0 Å². The number of fused-ring (bicyclic) bond motifs is 1. The molecular formula is C30H31FN4O9. The first-order valence-corrected chi connectivity index (χ1v) is 13.7. The highest BCUT2D eigenvalue weighted by atomic mass is 19.1. The van der Waals surface area contributed by atoms with Crippen LogP contribution in [0.2, 0.25) is 0 Å². The summed E-state index contributed by atoms with van der Waals surface area (Å²) >= 11 is 0. The molecule has 2 unspecified atom stereocenters. The van der Waals surface area contributed by atoms with E-state index in [4.69, 9.17) is 9.47 Å². The summed E-state index contributed by atoms with van der Waals surface area (Å²) in [4.78, 5) is 69.3. The largest absolute Gasteiger partial charge is 0.481 e. The standard InChI is InChI=1S/C30H31FN4O9/c1-17-14-22-19(15-20(17)31)24(44-26(29(40)41)18-6-4-3-5-7-18)16-23(32-22)27(38)33-21(8-9-25(36)37)28(39)34-10-12-35(13-11-34)30(42)43-2/h3-7,14-16,21,26H,8-13H2,1-2H3,(H,33,38)(H,36,37)(H,40,41). The van der Waals surface area contributed by atoms with Crippen LogP contribution < -0.4 is 10.1 Å². The molecule has 2 aromatic carbocycles. The number of rotatable bonds is 10. The number of aromatic nitrogens is 1. The molecule has 1 fully saturated rings. The molecule has 2 heterocycles. The van der Waals surface area contributed by atoms with Crippen molar-refractivity contribution in [3.05, 3.63) is 71.2 Å². The van der Waals surface area contributed by atoms with Gasteiger partial charge in [0.05, 0.1) is 12.6 Å². The number of hydrogen-bond donors (Lipinski definition) is 3. The normalized spacial score (nSPS) is 14.4. The van der Waals surface area contributed by atoms with Gasteiger partial charge in [0, 0.05) is 49.6 Å². The molecule has 0 saturated carbocycles. The third-order valence-corrected chi connectivity index (χ3v) is 7.13. The molecule has 14 heteroatoms. The summed E-state index contributed by atoms with van der Waals surface area (Å²) in [5.74, 6) is -4.64. The number of aryl methyl sites for hydroxylation is 1. The maximum Gasteiger partial charge on any atom is 0.409 e. The summed E-state index contributed by atoms with van der Waals surface area (Å²) in [7, 11) is 1.25. The van der Waals surface area contributed by atoms with Crippen LogP contribution in [0.4, 0.5) is 9.18 Å². The molecule has 3 amide bonds. The maximum atomic E-state index is 14.6. The average Bonchev–Trinajstić information content (AvgIpc) is 3.01. The van der Waals surface area contributed by atoms with Gasteiger partial charge < -0.3 is 34.8 Å². The van der Waals surface area contributed by atoms with E-state index >= 15 is 0 Å². The van der Waals surface area contributed by atoms with Gasteiger partial charge >= 0.3 is 18.0 Å². The van der Waals surface area contributed by atoms with Gasteiger partial charge in [0.15, 0.2) is 0 Å². The third-order valence-electron chi connectivity index (χ3n) is 7.13. The Morgan fingerprint density at radius 2 is 1.66 bits per heavy atom. The Kier molecular flexibility index (Phi) is 9.93. The molecule has 1 aliphatic rings. The third kappa shape index (κ3) is 7.38. The van der Waals surface area contributed by atoms with Gasteiger partial charge in [-0.15, -0.1) is 0 Å². The number of carboxylic acids is 2. The molecule has 1 aliphatic heterocycles. The molecule has 2 atom stereocenters. The Balaban J connectivity index is 1.65. The molecule has 232 valence electrons. The highest BCUT2D eigenvalue weighted by molar-refractivity contribution is 5.99. The van der Waals surface area contributed by atoms with Crippen LogP contribution in [0.25, 0.3) is 10.9 Å². The topological polar surface area (TPSA) is 176 Å². The molecular weight excluding hydrogens is 579 g/mol. The lowest BCUT2D eigenvalue weighted by molar-refractivity contribution is -0.145. The van der Waals surface area contributed by atoms with Crippen LogP contribution >= 0.6 is 0 Å². The van der Waals surface area contributed by atoms with E-state index in [9.17, 15) is 38.6 Å². The van der Waals surface area contributed by atoms with E-state index in [0.29, 0.717) is 5.56 Å². The number of methoxy groups -OCH3 is 1. The second kappa shape index (κ2) is 13.8. The Bertz CT molecular complexity index is 1580. The van der Waals surface area contributed by atoms with Gasteiger partial charge in [-0.3, -0.25) is 14.4 Å². The number of carbonyl (C=O) groups is 5. The van der Waals surface area contributed by atoms with E-state index < -0.39 is 54.2 Å². The molecule has 3 N–H and O–H groups in total. The lowest BCUT2D eigenvalue weighted by atomic mass is 10.1. The van der Waals surface area contributed by atoms with Crippen molar-refractivity contribution in [1.82, 2.24) is 20.1 Å². The molecule has 4 rings (SSSR count). The minimum atomic E-state index is -1.50. The van der Waals surface area contributed by atoms with E-state index in [2.05, 4.69) is 10.3 Å².